The SMILES string of the molecule is COc1ccc(OCCC(=O)OCC(=O)NC(C)(C)C)cc1. The maximum atomic E-state index is 11.5. The summed E-state index contributed by atoms with van der Waals surface area (Å²) in [6.07, 6.45) is 0.0782. The number of amides is 1. The second-order valence-corrected chi connectivity index (χ2v) is 5.73. The monoisotopic (exact) mass is 309 g/mol. The van der Waals surface area contributed by atoms with E-state index in [4.69, 9.17) is 14.2 Å². The number of esters is 1. The van der Waals surface area contributed by atoms with Crippen LogP contribution in [0.1, 0.15) is 27.2 Å². The predicted molar refractivity (Wildman–Crippen MR) is 82.0 cm³/mol. The summed E-state index contributed by atoms with van der Waals surface area (Å²) in [6.45, 7) is 5.48. The van der Waals surface area contributed by atoms with Crippen LogP contribution in [0.25, 0.3) is 0 Å². The molecule has 0 saturated heterocycles. The molecule has 0 atom stereocenters. The Morgan fingerprint density at radius 1 is 1.09 bits per heavy atom. The summed E-state index contributed by atoms with van der Waals surface area (Å²) in [5.74, 6) is 0.574. The van der Waals surface area contributed by atoms with Crippen molar-refractivity contribution in [3.8, 4) is 11.5 Å². The molecule has 22 heavy (non-hydrogen) atoms. The van der Waals surface area contributed by atoms with Gasteiger partial charge in [-0.2, -0.15) is 0 Å². The van der Waals surface area contributed by atoms with Crippen molar-refractivity contribution in [1.82, 2.24) is 5.32 Å². The first kappa shape index (κ1) is 17.8. The van der Waals surface area contributed by atoms with Crippen LogP contribution in [-0.4, -0.2) is 37.7 Å². The highest BCUT2D eigenvalue weighted by atomic mass is 16.5. The molecule has 122 valence electrons. The minimum atomic E-state index is -0.474. The topological polar surface area (TPSA) is 73.9 Å². The molecular weight excluding hydrogens is 286 g/mol. The number of rotatable bonds is 7. The molecule has 0 aliphatic heterocycles. The second-order valence-electron chi connectivity index (χ2n) is 5.73. The summed E-state index contributed by atoms with van der Waals surface area (Å²) in [6, 6.07) is 7.04. The third-order valence-electron chi connectivity index (χ3n) is 2.51. The minimum Gasteiger partial charge on any atom is -0.497 e. The summed E-state index contributed by atoms with van der Waals surface area (Å²) >= 11 is 0. The number of ether oxygens (including phenoxy) is 3. The molecule has 1 rings (SSSR count). The van der Waals surface area contributed by atoms with E-state index in [0.717, 1.165) is 5.75 Å². The number of hydrogen-bond donors (Lipinski definition) is 1. The van der Waals surface area contributed by atoms with Gasteiger partial charge >= 0.3 is 5.97 Å². The van der Waals surface area contributed by atoms with E-state index in [9.17, 15) is 9.59 Å². The largest absolute Gasteiger partial charge is 0.497 e. The van der Waals surface area contributed by atoms with Crippen LogP contribution in [0.15, 0.2) is 24.3 Å². The first-order valence-corrected chi connectivity index (χ1v) is 7.03. The maximum Gasteiger partial charge on any atom is 0.309 e. The Bertz CT molecular complexity index is 490. The third-order valence-corrected chi connectivity index (χ3v) is 2.51. The van der Waals surface area contributed by atoms with Crippen molar-refractivity contribution < 1.29 is 23.8 Å². The number of carbonyl (C=O) groups is 2. The molecule has 0 spiro atoms. The Morgan fingerprint density at radius 3 is 2.23 bits per heavy atom. The van der Waals surface area contributed by atoms with Gasteiger partial charge in [0.2, 0.25) is 0 Å². The van der Waals surface area contributed by atoms with Gasteiger partial charge < -0.3 is 19.5 Å². The van der Waals surface area contributed by atoms with Crippen molar-refractivity contribution in [3.63, 3.8) is 0 Å². The highest BCUT2D eigenvalue weighted by Crippen LogP contribution is 2.17. The van der Waals surface area contributed by atoms with Gasteiger partial charge in [-0.15, -0.1) is 0 Å². The van der Waals surface area contributed by atoms with E-state index in [1.54, 1.807) is 31.4 Å². The first-order valence-electron chi connectivity index (χ1n) is 7.03. The van der Waals surface area contributed by atoms with Crippen molar-refractivity contribution >= 4 is 11.9 Å². The number of nitrogens with one attached hydrogen (secondary N) is 1. The van der Waals surface area contributed by atoms with Crippen LogP contribution in [0.3, 0.4) is 0 Å². The van der Waals surface area contributed by atoms with E-state index in [2.05, 4.69) is 5.32 Å². The zero-order valence-corrected chi connectivity index (χ0v) is 13.5. The molecule has 1 aromatic carbocycles. The highest BCUT2D eigenvalue weighted by molar-refractivity contribution is 5.81. The summed E-state index contributed by atoms with van der Waals surface area (Å²) in [5.41, 5.74) is -0.346. The Hall–Kier alpha value is -2.24. The lowest BCUT2D eigenvalue weighted by Crippen LogP contribution is -2.42. The van der Waals surface area contributed by atoms with Crippen molar-refractivity contribution in [2.24, 2.45) is 0 Å². The minimum absolute atomic E-state index is 0.0782. The van der Waals surface area contributed by atoms with Gasteiger partial charge in [0.1, 0.15) is 11.5 Å². The Kier molecular flexibility index (Phi) is 6.69. The lowest BCUT2D eigenvalue weighted by atomic mass is 10.1. The Morgan fingerprint density at radius 2 is 1.68 bits per heavy atom. The molecule has 0 saturated carbocycles. The van der Waals surface area contributed by atoms with Gasteiger partial charge in [0.05, 0.1) is 20.1 Å². The fraction of sp³-hybridized carbons (Fsp3) is 0.500. The van der Waals surface area contributed by atoms with E-state index < -0.39 is 5.97 Å². The fourth-order valence-corrected chi connectivity index (χ4v) is 1.60. The van der Waals surface area contributed by atoms with Crippen LogP contribution in [0.2, 0.25) is 0 Å². The summed E-state index contributed by atoms with van der Waals surface area (Å²) in [7, 11) is 1.59. The van der Waals surface area contributed by atoms with E-state index >= 15 is 0 Å². The number of hydrogen-bond acceptors (Lipinski definition) is 5. The Labute approximate surface area is 130 Å². The van der Waals surface area contributed by atoms with E-state index in [1.165, 1.54) is 0 Å². The summed E-state index contributed by atoms with van der Waals surface area (Å²) in [5, 5.41) is 2.71. The number of benzene rings is 1. The molecule has 0 radical (unpaired) electrons. The van der Waals surface area contributed by atoms with Crippen LogP contribution in [0, 0.1) is 0 Å². The molecule has 0 aromatic heterocycles. The molecule has 1 N–H and O–H groups in total. The van der Waals surface area contributed by atoms with Gasteiger partial charge in [-0.25, -0.2) is 0 Å². The zero-order valence-electron chi connectivity index (χ0n) is 13.5. The highest BCUT2D eigenvalue weighted by Gasteiger charge is 2.15. The average Bonchev–Trinajstić information content (AvgIpc) is 2.44. The van der Waals surface area contributed by atoms with Crippen molar-refractivity contribution in [3.05, 3.63) is 24.3 Å². The maximum absolute atomic E-state index is 11.5. The van der Waals surface area contributed by atoms with Gasteiger partial charge in [-0.3, -0.25) is 9.59 Å². The summed E-state index contributed by atoms with van der Waals surface area (Å²) in [4.78, 5) is 23.0. The molecule has 1 amide bonds. The summed E-state index contributed by atoms with van der Waals surface area (Å²) < 4.78 is 15.3. The molecule has 0 heterocycles. The molecule has 6 heteroatoms. The van der Waals surface area contributed by atoms with Crippen LogP contribution in [0.5, 0.6) is 11.5 Å². The first-order chi connectivity index (χ1) is 10.3. The molecular formula is C16H23NO5. The van der Waals surface area contributed by atoms with E-state index in [-0.39, 0.29) is 31.1 Å². The van der Waals surface area contributed by atoms with Crippen LogP contribution in [-0.2, 0) is 14.3 Å². The Balaban J connectivity index is 2.21. The van der Waals surface area contributed by atoms with Crippen LogP contribution < -0.4 is 14.8 Å². The third kappa shape index (κ3) is 7.52. The van der Waals surface area contributed by atoms with Crippen LogP contribution >= 0.6 is 0 Å². The number of carbonyl (C=O) groups excluding carboxylic acids is 2. The standard InChI is InChI=1S/C16H23NO5/c1-16(2,3)17-14(18)11-22-15(19)9-10-21-13-7-5-12(20-4)6-8-13/h5-8H,9-11H2,1-4H3,(H,17,18). The molecule has 0 fully saturated rings. The van der Waals surface area contributed by atoms with Crippen molar-refractivity contribution in [2.75, 3.05) is 20.3 Å². The predicted octanol–water partition coefficient (Wildman–Crippen LogP) is 1.92. The van der Waals surface area contributed by atoms with Crippen molar-refractivity contribution in [2.45, 2.75) is 32.7 Å². The van der Waals surface area contributed by atoms with Crippen LogP contribution in [0.4, 0.5) is 0 Å². The van der Waals surface area contributed by atoms with Crippen molar-refractivity contribution in [1.29, 1.82) is 0 Å². The molecule has 6 nitrogen and oxygen atoms in total. The lowest BCUT2D eigenvalue weighted by Gasteiger charge is -2.20. The quantitative estimate of drug-likeness (QED) is 0.779. The molecule has 1 aromatic rings. The van der Waals surface area contributed by atoms with Gasteiger partial charge in [0.25, 0.3) is 5.91 Å². The van der Waals surface area contributed by atoms with Gasteiger partial charge in [0.15, 0.2) is 6.61 Å². The van der Waals surface area contributed by atoms with Gasteiger partial charge in [-0.1, -0.05) is 0 Å². The van der Waals surface area contributed by atoms with Gasteiger partial charge in [-0.05, 0) is 45.0 Å². The molecule has 0 bridgehead atoms. The molecule has 0 aliphatic carbocycles. The smallest absolute Gasteiger partial charge is 0.309 e. The molecule has 0 unspecified atom stereocenters. The number of methoxy groups -OCH3 is 1. The van der Waals surface area contributed by atoms with E-state index in [0.29, 0.717) is 5.75 Å². The average molecular weight is 309 g/mol. The normalized spacial score (nSPS) is 10.7. The zero-order chi connectivity index (χ0) is 16.6. The second kappa shape index (κ2) is 8.26. The fourth-order valence-electron chi connectivity index (χ4n) is 1.60. The van der Waals surface area contributed by atoms with E-state index in [1.807, 2.05) is 20.8 Å². The lowest BCUT2D eigenvalue weighted by molar-refractivity contribution is -0.149. The molecule has 0 aliphatic rings. The van der Waals surface area contributed by atoms with Gasteiger partial charge in [0, 0.05) is 5.54 Å².